The molecule has 8 heteroatoms. The zero-order valence-corrected chi connectivity index (χ0v) is 23.7. The average molecular weight is 547 g/mol. The summed E-state index contributed by atoms with van der Waals surface area (Å²) in [4.78, 5) is 19.9. The predicted octanol–water partition coefficient (Wildman–Crippen LogP) is 7.34. The van der Waals surface area contributed by atoms with Gasteiger partial charge < -0.3 is 14.0 Å². The monoisotopic (exact) mass is 545 g/mol. The Morgan fingerprint density at radius 1 is 1.21 bits per heavy atom. The number of hydrogen-bond acceptors (Lipinski definition) is 4. The largest absolute Gasteiger partial charge is 0.444 e. The second-order valence-electron chi connectivity index (χ2n) is 11.4. The number of nitrogens with zero attached hydrogens (tertiary/aromatic N) is 3. The lowest BCUT2D eigenvalue weighted by Gasteiger charge is -2.28. The number of hydrogen-bond donors (Lipinski definition) is 0. The molecule has 6 nitrogen and oxygen atoms in total. The Kier molecular flexibility index (Phi) is 7.13. The van der Waals surface area contributed by atoms with Crippen LogP contribution in [0.2, 0.25) is 25.7 Å². The van der Waals surface area contributed by atoms with E-state index in [0.29, 0.717) is 13.3 Å². The first kappa shape index (κ1) is 25.2. The molecule has 1 aliphatic heterocycles. The van der Waals surface area contributed by atoms with Gasteiger partial charge in [0.25, 0.3) is 0 Å². The zero-order valence-electron chi connectivity index (χ0n) is 21.2. The number of rotatable bonds is 6. The average Bonchev–Trinajstić information content (AvgIpc) is 3.33. The maximum absolute atomic E-state index is 13.0. The molecule has 184 valence electrons. The van der Waals surface area contributed by atoms with Crippen molar-refractivity contribution in [3.63, 3.8) is 0 Å². The fourth-order valence-corrected chi connectivity index (χ4v) is 5.57. The van der Waals surface area contributed by atoms with Crippen molar-refractivity contribution in [2.75, 3.05) is 13.2 Å². The van der Waals surface area contributed by atoms with E-state index >= 15 is 0 Å². The molecule has 3 aromatic rings. The van der Waals surface area contributed by atoms with Crippen LogP contribution in [-0.2, 0) is 16.2 Å². The molecular weight excluding hydrogens is 510 g/mol. The molecule has 1 fully saturated rings. The van der Waals surface area contributed by atoms with Gasteiger partial charge in [0.15, 0.2) is 0 Å². The first-order valence-electron chi connectivity index (χ1n) is 12.1. The summed E-state index contributed by atoms with van der Waals surface area (Å²) in [6.07, 6.45) is 1.51. The summed E-state index contributed by atoms with van der Waals surface area (Å²) in [5.74, 6) is 0.877. The summed E-state index contributed by atoms with van der Waals surface area (Å²) in [6, 6.07) is 11.5. The first-order chi connectivity index (χ1) is 15.9. The number of halogens is 1. The van der Waals surface area contributed by atoms with E-state index in [9.17, 15) is 4.79 Å². The molecule has 0 unspecified atom stereocenters. The van der Waals surface area contributed by atoms with Crippen LogP contribution in [0, 0.1) is 0 Å². The first-order valence-corrected chi connectivity index (χ1v) is 16.6. The fourth-order valence-electron chi connectivity index (χ4n) is 4.44. The summed E-state index contributed by atoms with van der Waals surface area (Å²) in [6.45, 7) is 14.6. The molecule has 0 aliphatic carbocycles. The lowest BCUT2D eigenvalue weighted by atomic mass is 10.1. The Balaban J connectivity index is 1.75. The minimum absolute atomic E-state index is 0.131. The van der Waals surface area contributed by atoms with Gasteiger partial charge in [0.1, 0.15) is 18.2 Å². The van der Waals surface area contributed by atoms with E-state index in [2.05, 4.69) is 70.5 Å². The third kappa shape index (κ3) is 5.66. The van der Waals surface area contributed by atoms with Gasteiger partial charge in [-0.15, -0.1) is 0 Å². The van der Waals surface area contributed by atoms with Gasteiger partial charge in [-0.3, -0.25) is 4.90 Å². The van der Waals surface area contributed by atoms with Gasteiger partial charge in [-0.25, -0.2) is 9.78 Å². The predicted molar refractivity (Wildman–Crippen MR) is 144 cm³/mol. The molecule has 0 N–H and O–H groups in total. The molecule has 0 bridgehead atoms. The number of ether oxygens (including phenoxy) is 2. The van der Waals surface area contributed by atoms with Crippen molar-refractivity contribution >= 4 is 51.9 Å². The molecule has 1 amide bonds. The molecule has 0 saturated carbocycles. The van der Waals surface area contributed by atoms with Crippen molar-refractivity contribution in [2.24, 2.45) is 0 Å². The van der Waals surface area contributed by atoms with Crippen LogP contribution in [0.15, 0.2) is 34.8 Å². The second-order valence-corrected chi connectivity index (χ2v) is 17.9. The summed E-state index contributed by atoms with van der Waals surface area (Å²) in [5.41, 5.74) is 1.45. The summed E-state index contributed by atoms with van der Waals surface area (Å²) in [7, 11) is -1.20. The number of fused-ring (bicyclic) bond motifs is 3. The maximum atomic E-state index is 13.0. The highest BCUT2D eigenvalue weighted by Gasteiger charge is 2.36. The van der Waals surface area contributed by atoms with Crippen molar-refractivity contribution < 1.29 is 14.3 Å². The van der Waals surface area contributed by atoms with Crippen LogP contribution in [0.4, 0.5) is 4.79 Å². The highest BCUT2D eigenvalue weighted by atomic mass is 79.9. The lowest BCUT2D eigenvalue weighted by Crippen LogP contribution is -2.37. The number of amides is 1. The van der Waals surface area contributed by atoms with E-state index in [0.717, 1.165) is 57.6 Å². The van der Waals surface area contributed by atoms with Crippen molar-refractivity contribution in [1.82, 2.24) is 14.5 Å². The number of benzene rings is 2. The Labute approximate surface area is 211 Å². The fraction of sp³-hybridized carbons (Fsp3) is 0.538. The zero-order chi connectivity index (χ0) is 24.7. The van der Waals surface area contributed by atoms with Crippen LogP contribution in [0.1, 0.15) is 45.5 Å². The van der Waals surface area contributed by atoms with E-state index < -0.39 is 13.7 Å². The van der Waals surface area contributed by atoms with E-state index in [-0.39, 0.29) is 12.1 Å². The number of carbonyl (C=O) groups excluding carboxylic acids is 1. The SMILES string of the molecule is CC(C)(C)OC(=O)N1CCC[C@H]1c1nc2ccc3cc(Br)ccc3c2n1COCC[Si](C)(C)C. The minimum atomic E-state index is -1.20. The van der Waals surface area contributed by atoms with Gasteiger partial charge in [0.05, 0.1) is 17.1 Å². The number of likely N-dealkylation sites (tertiary alicyclic amines) is 1. The quantitative estimate of drug-likeness (QED) is 0.240. The molecule has 34 heavy (non-hydrogen) atoms. The smallest absolute Gasteiger partial charge is 0.410 e. The molecule has 1 atom stereocenters. The van der Waals surface area contributed by atoms with Crippen molar-refractivity contribution in [3.05, 3.63) is 40.6 Å². The molecule has 0 spiro atoms. The van der Waals surface area contributed by atoms with Crippen LogP contribution < -0.4 is 0 Å². The van der Waals surface area contributed by atoms with E-state index in [4.69, 9.17) is 14.5 Å². The Morgan fingerprint density at radius 3 is 2.68 bits per heavy atom. The Bertz CT molecular complexity index is 1200. The Morgan fingerprint density at radius 2 is 1.97 bits per heavy atom. The summed E-state index contributed by atoms with van der Waals surface area (Å²) in [5, 5.41) is 2.28. The van der Waals surface area contributed by atoms with Gasteiger partial charge in [-0.2, -0.15) is 0 Å². The molecule has 1 aliphatic rings. The third-order valence-corrected chi connectivity index (χ3v) is 8.31. The molecule has 0 radical (unpaired) electrons. The molecule has 1 aromatic heterocycles. The number of carbonyl (C=O) groups is 1. The minimum Gasteiger partial charge on any atom is -0.444 e. The molecule has 1 saturated heterocycles. The van der Waals surface area contributed by atoms with E-state index in [1.807, 2.05) is 25.7 Å². The lowest BCUT2D eigenvalue weighted by molar-refractivity contribution is 0.0205. The molecular formula is C26H36BrN3O3Si. The normalized spacial score (nSPS) is 17.1. The van der Waals surface area contributed by atoms with Crippen LogP contribution in [0.3, 0.4) is 0 Å². The molecule has 2 aromatic carbocycles. The molecule has 2 heterocycles. The van der Waals surface area contributed by atoms with Crippen LogP contribution in [-0.4, -0.2) is 47.4 Å². The van der Waals surface area contributed by atoms with E-state index in [1.165, 1.54) is 0 Å². The van der Waals surface area contributed by atoms with Gasteiger partial charge >= 0.3 is 6.09 Å². The number of aromatic nitrogens is 2. The van der Waals surface area contributed by atoms with Crippen molar-refractivity contribution in [3.8, 4) is 0 Å². The standard InChI is InChI=1S/C26H36BrN3O3Si/c1-26(2,3)33-25(31)29-13-7-8-22(29)24-28-21-12-9-18-16-19(27)10-11-20(18)23(21)30(24)17-32-14-15-34(4,5)6/h9-12,16,22H,7-8,13-15,17H2,1-6H3/t22-/m0/s1. The second kappa shape index (κ2) is 9.63. The van der Waals surface area contributed by atoms with Gasteiger partial charge in [-0.1, -0.05) is 47.7 Å². The van der Waals surface area contributed by atoms with Crippen LogP contribution in [0.5, 0.6) is 0 Å². The number of imidazole rings is 1. The van der Waals surface area contributed by atoms with E-state index in [1.54, 1.807) is 0 Å². The highest BCUT2D eigenvalue weighted by molar-refractivity contribution is 9.10. The van der Waals surface area contributed by atoms with Crippen molar-refractivity contribution in [2.45, 2.75) is 77.7 Å². The topological polar surface area (TPSA) is 56.6 Å². The third-order valence-electron chi connectivity index (χ3n) is 6.11. The summed E-state index contributed by atoms with van der Waals surface area (Å²) >= 11 is 3.59. The van der Waals surface area contributed by atoms with Crippen LogP contribution >= 0.6 is 15.9 Å². The van der Waals surface area contributed by atoms with Gasteiger partial charge in [0.2, 0.25) is 0 Å². The highest BCUT2D eigenvalue weighted by Crippen LogP contribution is 2.37. The van der Waals surface area contributed by atoms with Gasteiger partial charge in [-0.05, 0) is 63.2 Å². The van der Waals surface area contributed by atoms with Gasteiger partial charge in [0, 0.05) is 31.1 Å². The van der Waals surface area contributed by atoms with Crippen molar-refractivity contribution in [1.29, 1.82) is 0 Å². The van der Waals surface area contributed by atoms with Crippen LogP contribution in [0.25, 0.3) is 21.8 Å². The summed E-state index contributed by atoms with van der Waals surface area (Å²) < 4.78 is 15.2. The molecule has 4 rings (SSSR count). The maximum Gasteiger partial charge on any atom is 0.410 e. The Hall–Kier alpha value is -1.90.